The van der Waals surface area contributed by atoms with Crippen molar-refractivity contribution in [3.63, 3.8) is 0 Å². The van der Waals surface area contributed by atoms with Gasteiger partial charge in [0, 0.05) is 61.4 Å². The van der Waals surface area contributed by atoms with Gasteiger partial charge in [0.25, 0.3) is 0 Å². The highest BCUT2D eigenvalue weighted by Gasteiger charge is 2.45. The fraction of sp³-hybridized carbons (Fsp3) is 0.250. The van der Waals surface area contributed by atoms with E-state index in [0.29, 0.717) is 6.61 Å². The van der Waals surface area contributed by atoms with E-state index >= 15 is 0 Å². The number of fused-ring (bicyclic) bond motifs is 2. The zero-order valence-electron chi connectivity index (χ0n) is 26.1. The predicted molar refractivity (Wildman–Crippen MR) is 182 cm³/mol. The van der Waals surface area contributed by atoms with Gasteiger partial charge in [-0.1, -0.05) is 97.9 Å². The molecule has 5 aromatic rings. The van der Waals surface area contributed by atoms with E-state index in [4.69, 9.17) is 9.47 Å². The summed E-state index contributed by atoms with van der Waals surface area (Å²) in [5.74, 6) is 1.68. The standard InChI is InChI=1S/C40H42N2O2/c1-4-26-43-40(33-20-14-9-15-21-33)36-24-22-35(41(5-2)6-3)28-39(36)44-38-25-23-34(27-37(38)40)42(29-31-16-10-7-11-17-31)30-32-18-12-8-13-19-32/h7-25,27-28H,4-6,26,29-30H2,1-3H3. The lowest BCUT2D eigenvalue weighted by atomic mass is 9.77. The number of rotatable bonds is 12. The molecule has 224 valence electrons. The average molecular weight is 583 g/mol. The van der Waals surface area contributed by atoms with Crippen LogP contribution in [0.1, 0.15) is 55.0 Å². The molecule has 0 saturated heterocycles. The van der Waals surface area contributed by atoms with Crippen molar-refractivity contribution in [2.24, 2.45) is 0 Å². The van der Waals surface area contributed by atoms with E-state index in [1.165, 1.54) is 11.1 Å². The summed E-state index contributed by atoms with van der Waals surface area (Å²) in [4.78, 5) is 4.80. The van der Waals surface area contributed by atoms with E-state index in [1.807, 2.05) is 0 Å². The number of ether oxygens (including phenoxy) is 2. The molecule has 0 amide bonds. The third-order valence-electron chi connectivity index (χ3n) is 8.54. The summed E-state index contributed by atoms with van der Waals surface area (Å²) < 4.78 is 13.8. The van der Waals surface area contributed by atoms with Gasteiger partial charge in [-0.2, -0.15) is 0 Å². The SMILES string of the molecule is CCCOC1(c2ccccc2)c2ccc(N(CC)CC)cc2Oc2ccc(N(Cc3ccccc3)Cc3ccccc3)cc21. The monoisotopic (exact) mass is 582 g/mol. The minimum Gasteiger partial charge on any atom is -0.456 e. The average Bonchev–Trinajstić information content (AvgIpc) is 3.08. The molecule has 6 rings (SSSR count). The first-order valence-corrected chi connectivity index (χ1v) is 15.9. The van der Waals surface area contributed by atoms with Gasteiger partial charge in [0.05, 0.1) is 0 Å². The number of benzene rings is 5. The largest absolute Gasteiger partial charge is 0.456 e. The van der Waals surface area contributed by atoms with Gasteiger partial charge in [0.1, 0.15) is 11.5 Å². The lowest BCUT2D eigenvalue weighted by Crippen LogP contribution is -2.36. The molecule has 0 fully saturated rings. The van der Waals surface area contributed by atoms with Gasteiger partial charge in [-0.25, -0.2) is 0 Å². The molecule has 0 aromatic heterocycles. The van der Waals surface area contributed by atoms with E-state index in [1.54, 1.807) is 0 Å². The van der Waals surface area contributed by atoms with Crippen LogP contribution in [0.5, 0.6) is 11.5 Å². The van der Waals surface area contributed by atoms with Crippen molar-refractivity contribution < 1.29 is 9.47 Å². The van der Waals surface area contributed by atoms with E-state index < -0.39 is 5.60 Å². The molecule has 1 atom stereocenters. The zero-order chi connectivity index (χ0) is 30.4. The smallest absolute Gasteiger partial charge is 0.150 e. The first kappa shape index (κ1) is 29.5. The molecule has 0 radical (unpaired) electrons. The molecule has 0 N–H and O–H groups in total. The van der Waals surface area contributed by atoms with E-state index in [2.05, 4.69) is 158 Å². The Morgan fingerprint density at radius 2 is 1.14 bits per heavy atom. The van der Waals surface area contributed by atoms with Gasteiger partial charge >= 0.3 is 0 Å². The summed E-state index contributed by atoms with van der Waals surface area (Å²) in [6.45, 7) is 10.6. The fourth-order valence-corrected chi connectivity index (χ4v) is 6.34. The molecule has 44 heavy (non-hydrogen) atoms. The summed E-state index contributed by atoms with van der Waals surface area (Å²) in [7, 11) is 0. The van der Waals surface area contributed by atoms with Crippen LogP contribution < -0.4 is 14.5 Å². The summed E-state index contributed by atoms with van der Waals surface area (Å²) in [5.41, 5.74) is 7.17. The van der Waals surface area contributed by atoms with Crippen LogP contribution in [0.25, 0.3) is 0 Å². The Bertz CT molecular complexity index is 1610. The van der Waals surface area contributed by atoms with Crippen LogP contribution in [-0.2, 0) is 23.4 Å². The first-order chi connectivity index (χ1) is 21.7. The van der Waals surface area contributed by atoms with Crippen LogP contribution in [0.2, 0.25) is 0 Å². The van der Waals surface area contributed by atoms with Crippen molar-refractivity contribution >= 4 is 11.4 Å². The second-order valence-corrected chi connectivity index (χ2v) is 11.4. The topological polar surface area (TPSA) is 24.9 Å². The molecule has 1 aliphatic rings. The summed E-state index contributed by atoms with van der Waals surface area (Å²) >= 11 is 0. The molecule has 4 heteroatoms. The van der Waals surface area contributed by atoms with Crippen molar-refractivity contribution in [1.29, 1.82) is 0 Å². The molecule has 0 bridgehead atoms. The zero-order valence-corrected chi connectivity index (χ0v) is 26.1. The molecular formula is C40H42N2O2. The van der Waals surface area contributed by atoms with Crippen LogP contribution in [0, 0.1) is 0 Å². The van der Waals surface area contributed by atoms with Gasteiger partial charge in [0.15, 0.2) is 5.60 Å². The Hall–Kier alpha value is -4.54. The Morgan fingerprint density at radius 1 is 0.568 bits per heavy atom. The number of nitrogens with zero attached hydrogens (tertiary/aromatic N) is 2. The van der Waals surface area contributed by atoms with E-state index in [9.17, 15) is 0 Å². The first-order valence-electron chi connectivity index (χ1n) is 15.9. The Kier molecular flexibility index (Phi) is 8.99. The highest BCUT2D eigenvalue weighted by Crippen LogP contribution is 2.54. The highest BCUT2D eigenvalue weighted by molar-refractivity contribution is 5.68. The fourth-order valence-electron chi connectivity index (χ4n) is 6.34. The molecule has 0 spiro atoms. The van der Waals surface area contributed by atoms with Crippen molar-refractivity contribution in [1.82, 2.24) is 0 Å². The molecule has 0 saturated carbocycles. The maximum absolute atomic E-state index is 7.07. The third-order valence-corrected chi connectivity index (χ3v) is 8.54. The number of hydrogen-bond donors (Lipinski definition) is 0. The summed E-state index contributed by atoms with van der Waals surface area (Å²) in [5, 5.41) is 0. The van der Waals surface area contributed by atoms with Crippen molar-refractivity contribution in [2.45, 2.75) is 45.9 Å². The van der Waals surface area contributed by atoms with E-state index in [0.717, 1.165) is 72.2 Å². The Morgan fingerprint density at radius 3 is 1.73 bits per heavy atom. The molecular weight excluding hydrogens is 540 g/mol. The van der Waals surface area contributed by atoms with Crippen LogP contribution in [-0.4, -0.2) is 19.7 Å². The quantitative estimate of drug-likeness (QED) is 0.146. The normalized spacial score (nSPS) is 15.2. The predicted octanol–water partition coefficient (Wildman–Crippen LogP) is 9.56. The molecule has 5 aromatic carbocycles. The van der Waals surface area contributed by atoms with Gasteiger partial charge < -0.3 is 19.3 Å². The number of hydrogen-bond acceptors (Lipinski definition) is 4. The molecule has 0 aliphatic carbocycles. The maximum atomic E-state index is 7.07. The second kappa shape index (κ2) is 13.4. The van der Waals surface area contributed by atoms with Gasteiger partial charge in [0.2, 0.25) is 0 Å². The molecule has 1 unspecified atom stereocenters. The second-order valence-electron chi connectivity index (χ2n) is 11.4. The summed E-state index contributed by atoms with van der Waals surface area (Å²) in [6, 6.07) is 45.3. The summed E-state index contributed by atoms with van der Waals surface area (Å²) in [6.07, 6.45) is 0.908. The minimum atomic E-state index is -0.816. The van der Waals surface area contributed by atoms with Crippen LogP contribution >= 0.6 is 0 Å². The molecule has 1 heterocycles. The highest BCUT2D eigenvalue weighted by atomic mass is 16.5. The third kappa shape index (κ3) is 5.82. The minimum absolute atomic E-state index is 0.619. The van der Waals surface area contributed by atoms with E-state index in [-0.39, 0.29) is 0 Å². The van der Waals surface area contributed by atoms with Crippen molar-refractivity contribution in [3.8, 4) is 11.5 Å². The van der Waals surface area contributed by atoms with Crippen LogP contribution in [0.3, 0.4) is 0 Å². The molecule has 1 aliphatic heterocycles. The Balaban J connectivity index is 1.53. The van der Waals surface area contributed by atoms with Crippen molar-refractivity contribution in [2.75, 3.05) is 29.5 Å². The van der Waals surface area contributed by atoms with Crippen LogP contribution in [0.15, 0.2) is 127 Å². The van der Waals surface area contributed by atoms with Crippen molar-refractivity contribution in [3.05, 3.63) is 155 Å². The lowest BCUT2D eigenvalue weighted by Gasteiger charge is -2.41. The molecule has 4 nitrogen and oxygen atoms in total. The Labute approximate surface area is 262 Å². The number of anilines is 2. The maximum Gasteiger partial charge on any atom is 0.150 e. The van der Waals surface area contributed by atoms with Gasteiger partial charge in [-0.05, 0) is 67.3 Å². The van der Waals surface area contributed by atoms with Crippen LogP contribution in [0.4, 0.5) is 11.4 Å². The lowest BCUT2D eigenvalue weighted by molar-refractivity contribution is 0.00680. The van der Waals surface area contributed by atoms with Gasteiger partial charge in [-0.3, -0.25) is 0 Å². The van der Waals surface area contributed by atoms with Gasteiger partial charge in [-0.15, -0.1) is 0 Å².